The Morgan fingerprint density at radius 3 is 0.953 bits per heavy atom. The van der Waals surface area contributed by atoms with Gasteiger partial charge in [0.15, 0.2) is 40.8 Å². The summed E-state index contributed by atoms with van der Waals surface area (Å²) in [5, 5.41) is 17.5. The molecule has 0 saturated carbocycles. The van der Waals surface area contributed by atoms with E-state index in [9.17, 15) is 0 Å². The van der Waals surface area contributed by atoms with E-state index in [4.69, 9.17) is 44.9 Å². The zero-order valence-corrected chi connectivity index (χ0v) is 83.2. The van der Waals surface area contributed by atoms with Crippen LogP contribution in [0.3, 0.4) is 0 Å². The van der Waals surface area contributed by atoms with Crippen LogP contribution in [-0.2, 0) is 0 Å². The number of fused-ring (bicyclic) bond motifs is 21. The summed E-state index contributed by atoms with van der Waals surface area (Å²) < 4.78 is 9.83. The lowest BCUT2D eigenvalue weighted by molar-refractivity contribution is 0.728. The molecule has 4 atom stereocenters. The highest BCUT2D eigenvalue weighted by atomic mass is 32.1. The zero-order valence-electron chi connectivity index (χ0n) is 80.7. The third kappa shape index (κ3) is 15.6. The van der Waals surface area contributed by atoms with Crippen molar-refractivity contribution in [1.82, 2.24) is 49.4 Å². The van der Waals surface area contributed by atoms with Gasteiger partial charge in [-0.25, -0.2) is 24.9 Å². The molecule has 15 heteroatoms. The third-order valence-electron chi connectivity index (χ3n) is 29.8. The molecule has 704 valence electrons. The molecule has 0 N–H and O–H groups in total. The molecule has 4 unspecified atom stereocenters. The molecule has 0 bridgehead atoms. The van der Waals surface area contributed by atoms with Crippen LogP contribution in [0.2, 0.25) is 0 Å². The molecular weight excluding hydrogens is 1890 g/mol. The summed E-state index contributed by atoms with van der Waals surface area (Å²) in [6.07, 6.45) is 17.6. The molecule has 12 nitrogen and oxygen atoms in total. The van der Waals surface area contributed by atoms with Gasteiger partial charge in [0.1, 0.15) is 0 Å². The number of nitrogens with zero attached hydrogens (tertiary/aromatic N) is 12. The minimum absolute atomic E-state index is 0.0920. The van der Waals surface area contributed by atoms with Crippen LogP contribution in [0.5, 0.6) is 0 Å². The van der Waals surface area contributed by atoms with Crippen LogP contribution in [-0.4, -0.2) is 61.5 Å². The van der Waals surface area contributed by atoms with Crippen LogP contribution >= 0.6 is 34.0 Å². The van der Waals surface area contributed by atoms with Crippen molar-refractivity contribution in [3.63, 3.8) is 0 Å². The normalized spacial score (nSPS) is 14.8. The van der Waals surface area contributed by atoms with Gasteiger partial charge in [-0.2, -0.15) is 19.9 Å². The first-order valence-electron chi connectivity index (χ1n) is 50.7. The van der Waals surface area contributed by atoms with E-state index in [1.807, 2.05) is 22.7 Å². The van der Waals surface area contributed by atoms with E-state index in [-0.39, 0.29) is 23.9 Å². The molecule has 0 radical (unpaired) electrons. The Labute approximate surface area is 875 Å². The molecule has 0 spiro atoms. The van der Waals surface area contributed by atoms with Gasteiger partial charge in [-0.3, -0.25) is 0 Å². The van der Waals surface area contributed by atoms with Crippen LogP contribution < -0.4 is 9.80 Å². The van der Waals surface area contributed by atoms with Crippen LogP contribution in [0.1, 0.15) is 23.0 Å². The first kappa shape index (κ1) is 87.8. The van der Waals surface area contributed by atoms with Gasteiger partial charge < -0.3 is 14.4 Å². The van der Waals surface area contributed by atoms with Gasteiger partial charge in [0.25, 0.3) is 0 Å². The SMILES string of the molecule is C1=CC2c3ccccc3N(c3nc(-c4ccc(-c5cccc6ccccc56)cc4)nc(-c4ccc5c(c4)sc4ccccc45)n3)C2C=C1.C1=CC2c3ccccc3N(c3nc(-c4ccc(-c5cccc6ccccc56)cc4)nc(-c4ccc5c(c4)sc4ccccc45)n3)C2C=C1.c1cc(-c2nc(-c3ccc(-c4ccc5ccccc5c4)cc3)nc(-c3ccc4c(c3)sc3ccccc34)n2)cc(-n2c3ccccc3c3ccccc32)c1. The molecule has 31 rings (SSSR count). The van der Waals surface area contributed by atoms with Crippen molar-refractivity contribution in [3.05, 3.63) is 509 Å². The lowest BCUT2D eigenvalue weighted by Gasteiger charge is -2.27. The van der Waals surface area contributed by atoms with Crippen molar-refractivity contribution >= 4 is 172 Å². The molecule has 27 aromatic rings. The summed E-state index contributed by atoms with van der Waals surface area (Å²) in [6.45, 7) is 0. The minimum Gasteiger partial charge on any atom is -0.309 e. The summed E-state index contributed by atoms with van der Waals surface area (Å²) in [5.74, 6) is 6.37. The molecule has 2 aliphatic carbocycles. The van der Waals surface area contributed by atoms with E-state index in [1.165, 1.54) is 131 Å². The van der Waals surface area contributed by atoms with Crippen LogP contribution in [0.25, 0.3) is 233 Å². The lowest BCUT2D eigenvalue weighted by atomic mass is 9.92. The maximum atomic E-state index is 5.21. The van der Waals surface area contributed by atoms with Crippen LogP contribution in [0.15, 0.2) is 498 Å². The lowest BCUT2D eigenvalue weighted by Crippen LogP contribution is -2.30. The first-order valence-corrected chi connectivity index (χ1v) is 53.1. The Balaban J connectivity index is 0.000000106. The van der Waals surface area contributed by atoms with Crippen LogP contribution in [0.4, 0.5) is 23.3 Å². The quantitative estimate of drug-likeness (QED) is 0.109. The Bertz CT molecular complexity index is 9840. The number of thiophene rings is 3. The fourth-order valence-corrected chi connectivity index (χ4v) is 26.0. The number of anilines is 4. The number of rotatable bonds is 13. The molecule has 7 aromatic heterocycles. The van der Waals surface area contributed by atoms with E-state index in [0.717, 1.165) is 83.7 Å². The van der Waals surface area contributed by atoms with Crippen molar-refractivity contribution in [2.24, 2.45) is 0 Å². The van der Waals surface area contributed by atoms with Crippen molar-refractivity contribution in [2.75, 3.05) is 9.80 Å². The number of para-hydroxylation sites is 4. The smallest absolute Gasteiger partial charge is 0.234 e. The van der Waals surface area contributed by atoms with Crippen molar-refractivity contribution in [1.29, 1.82) is 0 Å². The Morgan fingerprint density at radius 2 is 0.500 bits per heavy atom. The second kappa shape index (κ2) is 36.8. The Morgan fingerprint density at radius 1 is 0.187 bits per heavy atom. The number of aromatic nitrogens is 10. The second-order valence-corrected chi connectivity index (χ2v) is 41.7. The summed E-state index contributed by atoms with van der Waals surface area (Å²) >= 11 is 5.42. The van der Waals surface area contributed by atoms with Crippen LogP contribution in [0, 0.1) is 0 Å². The number of benzene rings is 20. The monoisotopic (exact) mass is 1970 g/mol. The van der Waals surface area contributed by atoms with E-state index >= 15 is 0 Å². The topological polar surface area (TPSA) is 127 Å². The molecule has 0 saturated heterocycles. The van der Waals surface area contributed by atoms with E-state index in [1.54, 1.807) is 11.3 Å². The number of hydrogen-bond acceptors (Lipinski definition) is 14. The number of allylic oxidation sites excluding steroid dienone is 4. The fraction of sp³-hybridized carbons (Fsp3) is 0.0296. The summed E-state index contributed by atoms with van der Waals surface area (Å²) in [6, 6.07) is 160. The van der Waals surface area contributed by atoms with Gasteiger partial charge in [-0.15, -0.1) is 34.0 Å². The molecule has 20 aromatic carbocycles. The predicted octanol–water partition coefficient (Wildman–Crippen LogP) is 35.4. The first-order chi connectivity index (χ1) is 74.3. The highest BCUT2D eigenvalue weighted by Gasteiger charge is 2.41. The standard InChI is InChI=1S/C49H30N4S.2C43H28N4S/c1-2-11-34-28-35(25-22-31(34)10-1)32-20-23-33(24-21-32)47-50-48(52-49(51-47)37-26-27-42-41-16-5-8-19-45(41)54-46(42)30-37)36-12-9-13-38(29-36)53-43-17-6-3-14-39(43)40-15-4-7-18-44(40)53;2*1-2-12-31-27(10-1)11-9-16-32(31)28-20-22-29(23-21-28)41-44-42(30-24-25-36-35-15-5-8-19-39(35)48-40(36)26-30)46-43(45-41)47-37-17-6-3-13-33(37)34-14-4-7-18-38(34)47/h1-30H;2*1-26,33,37H. The zero-order chi connectivity index (χ0) is 98.8. The molecular formula is C135H86N12S3. The van der Waals surface area contributed by atoms with Gasteiger partial charge in [0, 0.05) is 139 Å². The van der Waals surface area contributed by atoms with E-state index in [0.29, 0.717) is 52.7 Å². The fourth-order valence-electron chi connectivity index (χ4n) is 22.6. The summed E-state index contributed by atoms with van der Waals surface area (Å²) in [5.41, 5.74) is 22.0. The van der Waals surface area contributed by atoms with E-state index in [2.05, 4.69) is 512 Å². The highest BCUT2D eigenvalue weighted by Crippen LogP contribution is 2.52. The van der Waals surface area contributed by atoms with Crippen molar-refractivity contribution < 1.29 is 0 Å². The Kier molecular flexibility index (Phi) is 21.5. The minimum atomic E-state index is 0.0920. The predicted molar refractivity (Wildman–Crippen MR) is 626 cm³/mol. The molecule has 9 heterocycles. The molecule has 0 fully saturated rings. The molecule has 150 heavy (non-hydrogen) atoms. The highest BCUT2D eigenvalue weighted by molar-refractivity contribution is 7.26. The van der Waals surface area contributed by atoms with Gasteiger partial charge in [-0.05, 0) is 156 Å². The van der Waals surface area contributed by atoms with Gasteiger partial charge in [0.2, 0.25) is 11.9 Å². The largest absolute Gasteiger partial charge is 0.309 e. The van der Waals surface area contributed by atoms with E-state index < -0.39 is 0 Å². The summed E-state index contributed by atoms with van der Waals surface area (Å²) in [4.78, 5) is 51.1. The maximum Gasteiger partial charge on any atom is 0.234 e. The van der Waals surface area contributed by atoms with Gasteiger partial charge in [0.05, 0.1) is 23.1 Å². The summed E-state index contributed by atoms with van der Waals surface area (Å²) in [7, 11) is 0. The number of hydrogen-bond donors (Lipinski definition) is 0. The van der Waals surface area contributed by atoms with Crippen molar-refractivity contribution in [2.45, 2.75) is 23.9 Å². The average Bonchev–Trinajstić information content (AvgIpc) is 1.59. The van der Waals surface area contributed by atoms with Gasteiger partial charge in [-0.1, -0.05) is 419 Å². The average molecular weight is 1970 g/mol. The molecule has 2 aliphatic heterocycles. The second-order valence-electron chi connectivity index (χ2n) is 38.5. The van der Waals surface area contributed by atoms with Crippen molar-refractivity contribution in [3.8, 4) is 119 Å². The maximum absolute atomic E-state index is 5.21. The van der Waals surface area contributed by atoms with Gasteiger partial charge >= 0.3 is 0 Å². The Hall–Kier alpha value is -18.8. The molecule has 4 aliphatic rings. The third-order valence-corrected chi connectivity index (χ3v) is 33.2. The molecule has 0 amide bonds.